The standard InChI is InChI=1S/C14H20F2N2OS/c1-8(2)12-11(13(17)19)18-10(20-12)7-9-3-5-14(15,16)6-4-9/h8-9H,3-7H2,1-2H3,(H2,17,19). The molecule has 0 atom stereocenters. The van der Waals surface area contributed by atoms with Crippen molar-refractivity contribution in [2.24, 2.45) is 11.7 Å². The number of amides is 1. The van der Waals surface area contributed by atoms with E-state index < -0.39 is 11.8 Å². The van der Waals surface area contributed by atoms with Crippen molar-refractivity contribution in [1.29, 1.82) is 0 Å². The highest BCUT2D eigenvalue weighted by Gasteiger charge is 2.35. The van der Waals surface area contributed by atoms with E-state index in [1.54, 1.807) is 0 Å². The number of hydrogen-bond acceptors (Lipinski definition) is 3. The molecule has 0 saturated heterocycles. The molecular formula is C14H20F2N2OS. The first-order chi connectivity index (χ1) is 9.28. The van der Waals surface area contributed by atoms with Crippen LogP contribution in [0.5, 0.6) is 0 Å². The van der Waals surface area contributed by atoms with Gasteiger partial charge in [0.2, 0.25) is 5.92 Å². The molecule has 0 bridgehead atoms. The fourth-order valence-electron chi connectivity index (χ4n) is 2.58. The van der Waals surface area contributed by atoms with Crippen LogP contribution >= 0.6 is 11.3 Å². The fraction of sp³-hybridized carbons (Fsp3) is 0.714. The molecule has 0 aromatic carbocycles. The van der Waals surface area contributed by atoms with Gasteiger partial charge in [-0.15, -0.1) is 11.3 Å². The van der Waals surface area contributed by atoms with E-state index in [0.29, 0.717) is 25.0 Å². The van der Waals surface area contributed by atoms with E-state index >= 15 is 0 Å². The largest absolute Gasteiger partial charge is 0.364 e. The lowest BCUT2D eigenvalue weighted by molar-refractivity contribution is -0.0456. The lowest BCUT2D eigenvalue weighted by Crippen LogP contribution is -2.25. The number of nitrogens with two attached hydrogens (primary N) is 1. The van der Waals surface area contributed by atoms with Crippen LogP contribution in [0.3, 0.4) is 0 Å². The molecule has 1 amide bonds. The predicted octanol–water partition coefficient (Wildman–Crippen LogP) is 3.73. The first-order valence-electron chi connectivity index (χ1n) is 6.96. The van der Waals surface area contributed by atoms with E-state index in [1.165, 1.54) is 11.3 Å². The molecule has 20 heavy (non-hydrogen) atoms. The third-order valence-corrected chi connectivity index (χ3v) is 5.13. The number of halogens is 2. The normalized spacial score (nSPS) is 19.4. The summed E-state index contributed by atoms with van der Waals surface area (Å²) in [5, 5.41) is 0.845. The van der Waals surface area contributed by atoms with Crippen LogP contribution in [-0.4, -0.2) is 16.8 Å². The van der Waals surface area contributed by atoms with Crippen LogP contribution < -0.4 is 5.73 Å². The second-order valence-corrected chi connectivity index (χ2v) is 6.96. The minimum absolute atomic E-state index is 0.0389. The van der Waals surface area contributed by atoms with Gasteiger partial charge in [-0.1, -0.05) is 13.8 Å². The maximum Gasteiger partial charge on any atom is 0.268 e. The molecule has 1 aliphatic carbocycles. The van der Waals surface area contributed by atoms with E-state index in [0.717, 1.165) is 9.88 Å². The van der Waals surface area contributed by atoms with E-state index in [1.807, 2.05) is 13.8 Å². The molecule has 1 saturated carbocycles. The average molecular weight is 302 g/mol. The first kappa shape index (κ1) is 15.4. The van der Waals surface area contributed by atoms with Gasteiger partial charge in [0.25, 0.3) is 5.91 Å². The van der Waals surface area contributed by atoms with Gasteiger partial charge in [-0.05, 0) is 24.7 Å². The summed E-state index contributed by atoms with van der Waals surface area (Å²) in [6.45, 7) is 3.98. The zero-order valence-corrected chi connectivity index (χ0v) is 12.6. The Balaban J connectivity index is 2.07. The lowest BCUT2D eigenvalue weighted by Gasteiger charge is -2.27. The first-order valence-corrected chi connectivity index (χ1v) is 7.77. The van der Waals surface area contributed by atoms with Crippen molar-refractivity contribution in [3.63, 3.8) is 0 Å². The van der Waals surface area contributed by atoms with Crippen molar-refractivity contribution in [2.45, 2.75) is 57.8 Å². The number of carbonyl (C=O) groups is 1. The molecule has 2 rings (SSSR count). The number of primary amides is 1. The fourth-order valence-corrected chi connectivity index (χ4v) is 3.77. The molecule has 0 spiro atoms. The van der Waals surface area contributed by atoms with E-state index in [-0.39, 0.29) is 24.7 Å². The van der Waals surface area contributed by atoms with Crippen LogP contribution in [-0.2, 0) is 6.42 Å². The summed E-state index contributed by atoms with van der Waals surface area (Å²) in [7, 11) is 0. The zero-order valence-electron chi connectivity index (χ0n) is 11.8. The van der Waals surface area contributed by atoms with Crippen molar-refractivity contribution in [2.75, 3.05) is 0 Å². The molecule has 0 unspecified atom stereocenters. The quantitative estimate of drug-likeness (QED) is 0.921. The molecule has 1 aromatic heterocycles. The predicted molar refractivity (Wildman–Crippen MR) is 75.3 cm³/mol. The Kier molecular flexibility index (Phi) is 4.42. The second-order valence-electron chi connectivity index (χ2n) is 5.84. The molecule has 0 aliphatic heterocycles. The minimum Gasteiger partial charge on any atom is -0.364 e. The highest BCUT2D eigenvalue weighted by atomic mass is 32.1. The summed E-state index contributed by atoms with van der Waals surface area (Å²) in [5.41, 5.74) is 5.69. The number of carbonyl (C=O) groups excluding carboxylic acids is 1. The highest BCUT2D eigenvalue weighted by molar-refractivity contribution is 7.12. The topological polar surface area (TPSA) is 56.0 Å². The number of alkyl halides is 2. The number of thiazole rings is 1. The molecule has 1 aliphatic rings. The Morgan fingerprint density at radius 2 is 2.05 bits per heavy atom. The third kappa shape index (κ3) is 3.53. The molecule has 3 nitrogen and oxygen atoms in total. The number of rotatable bonds is 4. The van der Waals surface area contributed by atoms with Crippen molar-refractivity contribution >= 4 is 17.2 Å². The minimum atomic E-state index is -2.50. The summed E-state index contributed by atoms with van der Waals surface area (Å²) in [6.07, 6.45) is 1.64. The molecule has 2 N–H and O–H groups in total. The van der Waals surface area contributed by atoms with Gasteiger partial charge in [-0.2, -0.15) is 0 Å². The third-order valence-electron chi connectivity index (χ3n) is 3.76. The Hall–Kier alpha value is -1.04. The van der Waals surface area contributed by atoms with Crippen LogP contribution in [0.1, 0.15) is 65.8 Å². The Morgan fingerprint density at radius 3 is 2.50 bits per heavy atom. The van der Waals surface area contributed by atoms with E-state index in [2.05, 4.69) is 4.98 Å². The molecule has 1 heterocycles. The van der Waals surface area contributed by atoms with Crippen LogP contribution in [0.2, 0.25) is 0 Å². The SMILES string of the molecule is CC(C)c1sc(CC2CCC(F)(F)CC2)nc1C(N)=O. The molecule has 6 heteroatoms. The van der Waals surface area contributed by atoms with Crippen LogP contribution in [0.15, 0.2) is 0 Å². The summed E-state index contributed by atoms with van der Waals surface area (Å²) in [4.78, 5) is 16.6. The number of aromatic nitrogens is 1. The highest BCUT2D eigenvalue weighted by Crippen LogP contribution is 2.38. The number of nitrogens with zero attached hydrogens (tertiary/aromatic N) is 1. The summed E-state index contributed by atoms with van der Waals surface area (Å²) < 4.78 is 26.2. The summed E-state index contributed by atoms with van der Waals surface area (Å²) in [5.74, 6) is -2.58. The van der Waals surface area contributed by atoms with Gasteiger partial charge < -0.3 is 5.73 Å². The summed E-state index contributed by atoms with van der Waals surface area (Å²) >= 11 is 1.49. The van der Waals surface area contributed by atoms with Gasteiger partial charge in [-0.3, -0.25) is 4.79 Å². The van der Waals surface area contributed by atoms with Crippen molar-refractivity contribution in [3.05, 3.63) is 15.6 Å². The molecule has 1 fully saturated rings. The van der Waals surface area contributed by atoms with Gasteiger partial charge in [0.05, 0.1) is 5.01 Å². The van der Waals surface area contributed by atoms with Gasteiger partial charge in [-0.25, -0.2) is 13.8 Å². The van der Waals surface area contributed by atoms with E-state index in [9.17, 15) is 13.6 Å². The Labute approximate surface area is 121 Å². The monoisotopic (exact) mass is 302 g/mol. The molecule has 0 radical (unpaired) electrons. The van der Waals surface area contributed by atoms with Crippen LogP contribution in [0.4, 0.5) is 8.78 Å². The van der Waals surface area contributed by atoms with Crippen molar-refractivity contribution in [1.82, 2.24) is 4.98 Å². The maximum absolute atomic E-state index is 13.1. The van der Waals surface area contributed by atoms with Crippen molar-refractivity contribution < 1.29 is 13.6 Å². The number of hydrogen-bond donors (Lipinski definition) is 1. The van der Waals surface area contributed by atoms with Crippen molar-refractivity contribution in [3.8, 4) is 0 Å². The van der Waals surface area contributed by atoms with Gasteiger partial charge >= 0.3 is 0 Å². The van der Waals surface area contributed by atoms with E-state index in [4.69, 9.17) is 5.73 Å². The Morgan fingerprint density at radius 1 is 1.45 bits per heavy atom. The second kappa shape index (κ2) is 5.76. The van der Waals surface area contributed by atoms with Crippen LogP contribution in [0.25, 0.3) is 0 Å². The van der Waals surface area contributed by atoms with Gasteiger partial charge in [0, 0.05) is 24.1 Å². The molecule has 112 valence electrons. The Bertz CT molecular complexity index is 489. The average Bonchev–Trinajstić information content (AvgIpc) is 2.76. The summed E-state index contributed by atoms with van der Waals surface area (Å²) in [6, 6.07) is 0. The lowest BCUT2D eigenvalue weighted by atomic mass is 9.85. The van der Waals surface area contributed by atoms with Gasteiger partial charge in [0.15, 0.2) is 0 Å². The molecular weight excluding hydrogens is 282 g/mol. The van der Waals surface area contributed by atoms with Crippen LogP contribution in [0, 0.1) is 5.92 Å². The zero-order chi connectivity index (χ0) is 14.9. The van der Waals surface area contributed by atoms with Gasteiger partial charge in [0.1, 0.15) is 5.69 Å². The smallest absolute Gasteiger partial charge is 0.268 e. The molecule has 1 aromatic rings. The maximum atomic E-state index is 13.1.